The van der Waals surface area contributed by atoms with Gasteiger partial charge in [-0.3, -0.25) is 4.79 Å². The number of hydrogen-bond acceptors (Lipinski definition) is 5. The molecule has 0 bridgehead atoms. The van der Waals surface area contributed by atoms with E-state index >= 15 is 0 Å². The molecule has 2 aromatic heterocycles. The number of H-pyrrole nitrogens is 1. The van der Waals surface area contributed by atoms with Crippen molar-refractivity contribution in [2.45, 2.75) is 32.7 Å². The Morgan fingerprint density at radius 3 is 3.21 bits per heavy atom. The number of aryl methyl sites for hydroxylation is 1. The molecular weight excluding hydrogens is 304 g/mol. The van der Waals surface area contributed by atoms with E-state index in [9.17, 15) is 4.79 Å². The summed E-state index contributed by atoms with van der Waals surface area (Å²) < 4.78 is 24.4. The van der Waals surface area contributed by atoms with Crippen LogP contribution < -0.4 is 4.90 Å². The zero-order chi connectivity index (χ0) is 19.8. The zero-order valence-electron chi connectivity index (χ0n) is 16.8. The molecule has 1 aliphatic rings. The van der Waals surface area contributed by atoms with E-state index in [2.05, 4.69) is 15.0 Å². The summed E-state index contributed by atoms with van der Waals surface area (Å²) in [6, 6.07) is 3.19. The second kappa shape index (κ2) is 6.48. The van der Waals surface area contributed by atoms with Gasteiger partial charge in [-0.15, -0.1) is 0 Å². The minimum Gasteiger partial charge on any atom is -0.354 e. The Morgan fingerprint density at radius 1 is 1.62 bits per heavy atom. The third-order valence-corrected chi connectivity index (χ3v) is 4.57. The molecule has 3 heterocycles. The zero-order valence-corrected chi connectivity index (χ0v) is 13.8. The number of anilines is 1. The van der Waals surface area contributed by atoms with Gasteiger partial charge in [0.25, 0.3) is 0 Å². The van der Waals surface area contributed by atoms with Gasteiger partial charge in [-0.1, -0.05) is 6.92 Å². The predicted octanol–water partition coefficient (Wildman–Crippen LogP) is 1.85. The van der Waals surface area contributed by atoms with Crippen molar-refractivity contribution in [1.82, 2.24) is 19.9 Å². The summed E-state index contributed by atoms with van der Waals surface area (Å²) in [5, 5.41) is 9.44. The lowest BCUT2D eigenvalue weighted by atomic mass is 9.92. The number of aromatic amines is 1. The summed E-state index contributed by atoms with van der Waals surface area (Å²) >= 11 is 0. The number of hydrogen-bond donors (Lipinski definition) is 1. The molecule has 24 heavy (non-hydrogen) atoms. The largest absolute Gasteiger partial charge is 0.354 e. The highest BCUT2D eigenvalue weighted by molar-refractivity contribution is 5.87. The molecule has 1 amide bonds. The molecule has 7 heteroatoms. The van der Waals surface area contributed by atoms with Gasteiger partial charge in [0.2, 0.25) is 5.91 Å². The van der Waals surface area contributed by atoms with Gasteiger partial charge < -0.3 is 14.8 Å². The molecule has 0 saturated carbocycles. The predicted molar refractivity (Wildman–Crippen MR) is 91.4 cm³/mol. The van der Waals surface area contributed by atoms with Crippen LogP contribution in [0.1, 0.15) is 29.7 Å². The van der Waals surface area contributed by atoms with Crippen molar-refractivity contribution in [3.63, 3.8) is 0 Å². The fourth-order valence-electron chi connectivity index (χ4n) is 3.17. The molecule has 7 nitrogen and oxygen atoms in total. The number of likely N-dealkylation sites (N-methyl/N-ethyl adjacent to an activating group) is 1. The number of likely N-dealkylation sites (tertiary alicyclic amines) is 1. The average molecular weight is 329 g/mol. The highest BCUT2D eigenvalue weighted by Crippen LogP contribution is 2.29. The number of amides is 1. The fourth-order valence-corrected chi connectivity index (χ4v) is 3.17. The van der Waals surface area contributed by atoms with E-state index in [1.807, 2.05) is 13.0 Å². The Morgan fingerprint density at radius 2 is 2.46 bits per heavy atom. The molecule has 2 atom stereocenters. The van der Waals surface area contributed by atoms with Gasteiger partial charge in [0.1, 0.15) is 23.7 Å². The molecule has 1 N–H and O–H groups in total. The number of aromatic nitrogens is 3. The first kappa shape index (κ1) is 12.8. The van der Waals surface area contributed by atoms with E-state index in [0.717, 1.165) is 0 Å². The highest BCUT2D eigenvalue weighted by Gasteiger charge is 2.32. The number of piperidine rings is 1. The van der Waals surface area contributed by atoms with Crippen molar-refractivity contribution in [2.24, 2.45) is 5.92 Å². The molecular formula is C17H22N6O. The van der Waals surface area contributed by atoms with Gasteiger partial charge in [-0.05, 0) is 25.3 Å². The van der Waals surface area contributed by atoms with Crippen molar-refractivity contribution >= 4 is 22.8 Å². The lowest BCUT2D eigenvalue weighted by molar-refractivity contribution is -0.131. The Hall–Kier alpha value is -2.62. The van der Waals surface area contributed by atoms with Crippen LogP contribution in [0.25, 0.3) is 11.0 Å². The molecule has 126 valence electrons. The second-order valence-electron chi connectivity index (χ2n) is 6.21. The Kier molecular flexibility index (Phi) is 3.44. The molecule has 1 fully saturated rings. The molecule has 1 saturated heterocycles. The minimum atomic E-state index is -2.44. The normalized spacial score (nSPS) is 23.2. The summed E-state index contributed by atoms with van der Waals surface area (Å²) in [5.41, 5.74) is 0.577. The third-order valence-electron chi connectivity index (χ3n) is 4.57. The van der Waals surface area contributed by atoms with Gasteiger partial charge in [0, 0.05) is 30.4 Å². The van der Waals surface area contributed by atoms with Crippen molar-refractivity contribution in [3.05, 3.63) is 18.1 Å². The van der Waals surface area contributed by atoms with E-state index < -0.39 is 13.0 Å². The molecule has 2 aromatic rings. The number of carbonyl (C=O) groups excluding carboxylic acids is 1. The lowest BCUT2D eigenvalue weighted by Crippen LogP contribution is -2.52. The lowest BCUT2D eigenvalue weighted by Gasteiger charge is -2.42. The maximum atomic E-state index is 12.2. The molecule has 0 radical (unpaired) electrons. The van der Waals surface area contributed by atoms with E-state index in [1.54, 1.807) is 24.1 Å². The van der Waals surface area contributed by atoms with Crippen LogP contribution in [0.5, 0.6) is 0 Å². The van der Waals surface area contributed by atoms with E-state index in [1.165, 1.54) is 4.90 Å². The van der Waals surface area contributed by atoms with Crippen LogP contribution in [-0.2, 0) is 4.79 Å². The molecule has 0 aromatic carbocycles. The number of nitrogens with zero attached hydrogens (tertiary/aromatic N) is 5. The standard InChI is InChI=1S/C17H22N6O/c1-11-6-9-23(15(24)4-7-18)10-14(11)22(3)17-13-5-8-19-16(13)20-12(2)21-17/h5,8,11,14H,4,6,9-10H2,1-3H3,(H,19,20,21)/t11-,14+/m1/s1/i3D3. The number of nitriles is 1. The van der Waals surface area contributed by atoms with Crippen LogP contribution in [-0.4, -0.2) is 51.9 Å². The monoisotopic (exact) mass is 329 g/mol. The first-order valence-electron chi connectivity index (χ1n) is 9.48. The summed E-state index contributed by atoms with van der Waals surface area (Å²) in [4.78, 5) is 26.9. The third kappa shape index (κ3) is 2.92. The van der Waals surface area contributed by atoms with E-state index in [0.29, 0.717) is 35.6 Å². The minimum absolute atomic E-state index is 0.0424. The summed E-state index contributed by atoms with van der Waals surface area (Å²) in [6.45, 7) is 2.03. The topological polar surface area (TPSA) is 88.9 Å². The number of nitrogens with one attached hydrogen (secondary N) is 1. The quantitative estimate of drug-likeness (QED) is 0.928. The van der Waals surface area contributed by atoms with Gasteiger partial charge in [-0.25, -0.2) is 9.97 Å². The Bertz CT molecular complexity index is 887. The highest BCUT2D eigenvalue weighted by atomic mass is 16.2. The second-order valence-corrected chi connectivity index (χ2v) is 6.21. The maximum absolute atomic E-state index is 12.2. The molecule has 3 rings (SSSR count). The van der Waals surface area contributed by atoms with E-state index in [4.69, 9.17) is 9.37 Å². The van der Waals surface area contributed by atoms with Crippen LogP contribution in [0.15, 0.2) is 12.3 Å². The molecule has 0 unspecified atom stereocenters. The van der Waals surface area contributed by atoms with Crippen molar-refractivity contribution in [3.8, 4) is 6.07 Å². The Labute approximate surface area is 145 Å². The van der Waals surface area contributed by atoms with Crippen LogP contribution in [0, 0.1) is 24.2 Å². The van der Waals surface area contributed by atoms with Crippen LogP contribution in [0.4, 0.5) is 5.82 Å². The molecule has 0 aliphatic carbocycles. The van der Waals surface area contributed by atoms with Gasteiger partial charge >= 0.3 is 0 Å². The van der Waals surface area contributed by atoms with Gasteiger partial charge in [-0.2, -0.15) is 5.26 Å². The van der Waals surface area contributed by atoms with Crippen molar-refractivity contribution in [1.29, 1.82) is 5.26 Å². The SMILES string of the molecule is [2H]C([2H])([2H])N(c1nc(C)nc2[nH]ccc12)[C@H]1CN(C(=O)CC#N)CC[C@H]1C. The fraction of sp³-hybridized carbons (Fsp3) is 0.529. The summed E-state index contributed by atoms with van der Waals surface area (Å²) in [6.07, 6.45) is 2.16. The van der Waals surface area contributed by atoms with E-state index in [-0.39, 0.29) is 24.8 Å². The first-order valence-corrected chi connectivity index (χ1v) is 7.98. The average Bonchev–Trinajstić information content (AvgIpc) is 3.04. The number of rotatable bonds is 3. The van der Waals surface area contributed by atoms with Crippen molar-refractivity contribution in [2.75, 3.05) is 25.0 Å². The van der Waals surface area contributed by atoms with Gasteiger partial charge in [0.05, 0.1) is 17.5 Å². The maximum Gasteiger partial charge on any atom is 0.236 e. The Balaban J connectivity index is 2.05. The van der Waals surface area contributed by atoms with Gasteiger partial charge in [0.15, 0.2) is 0 Å². The molecule has 0 spiro atoms. The molecule has 1 aliphatic heterocycles. The summed E-state index contributed by atoms with van der Waals surface area (Å²) in [7, 11) is 0. The van der Waals surface area contributed by atoms with Crippen LogP contribution in [0.3, 0.4) is 0 Å². The number of fused-ring (bicyclic) bond motifs is 1. The van der Waals surface area contributed by atoms with Crippen molar-refractivity contribution < 1.29 is 8.91 Å². The van der Waals surface area contributed by atoms with Crippen LogP contribution in [0.2, 0.25) is 0 Å². The smallest absolute Gasteiger partial charge is 0.236 e. The van der Waals surface area contributed by atoms with Crippen LogP contribution >= 0.6 is 0 Å². The summed E-state index contributed by atoms with van der Waals surface area (Å²) in [5.74, 6) is 0.576. The first-order chi connectivity index (χ1) is 12.7. The number of carbonyl (C=O) groups is 1.